The summed E-state index contributed by atoms with van der Waals surface area (Å²) in [6.45, 7) is -0.894. The minimum absolute atomic E-state index is 0.0959. The standard InChI is InChI=1S/C31H21F10N3O4/c32-18-5-6-19(21(12-18)31(39,40)41)25(46)43-28(7-8-28)27(48)42-22-13-24(45)20-3-1-2-4-23(20)44(26(22)47)14-15-9-16(29(33,34)35)11-17(10-15)30(36,37)38/h1-6,9-12,22H,7-8,13-14H2,(H,42,48)(H,43,46). The smallest absolute Gasteiger partial charge is 0.342 e. The van der Waals surface area contributed by atoms with Gasteiger partial charge in [0.05, 0.1) is 34.5 Å². The van der Waals surface area contributed by atoms with Gasteiger partial charge in [-0.3, -0.25) is 19.2 Å². The van der Waals surface area contributed by atoms with Gasteiger partial charge in [-0.1, -0.05) is 12.1 Å². The summed E-state index contributed by atoms with van der Waals surface area (Å²) in [6, 6.07) is 5.49. The zero-order chi connectivity index (χ0) is 35.4. The lowest BCUT2D eigenvalue weighted by Gasteiger charge is -2.28. The van der Waals surface area contributed by atoms with Crippen LogP contribution in [0.1, 0.15) is 62.2 Å². The Balaban J connectivity index is 1.44. The number of anilines is 1. The van der Waals surface area contributed by atoms with Gasteiger partial charge in [-0.15, -0.1) is 0 Å². The first kappa shape index (κ1) is 34.4. The number of alkyl halides is 9. The van der Waals surface area contributed by atoms with E-state index in [2.05, 4.69) is 10.6 Å². The molecule has 3 aromatic carbocycles. The second kappa shape index (κ2) is 11.9. The highest BCUT2D eigenvalue weighted by Gasteiger charge is 2.53. The van der Waals surface area contributed by atoms with Crippen LogP contribution in [0.2, 0.25) is 0 Å². The number of para-hydroxylation sites is 1. The number of rotatable bonds is 6. The van der Waals surface area contributed by atoms with Crippen molar-refractivity contribution in [1.29, 1.82) is 0 Å². The summed E-state index contributed by atoms with van der Waals surface area (Å²) < 4.78 is 135. The first-order valence-corrected chi connectivity index (χ1v) is 13.9. The average molecular weight is 690 g/mol. The van der Waals surface area contributed by atoms with E-state index >= 15 is 0 Å². The maximum Gasteiger partial charge on any atom is 0.417 e. The van der Waals surface area contributed by atoms with Gasteiger partial charge in [0.2, 0.25) is 11.8 Å². The summed E-state index contributed by atoms with van der Waals surface area (Å²) in [7, 11) is 0. The first-order chi connectivity index (χ1) is 22.2. The number of hydrogen-bond acceptors (Lipinski definition) is 4. The van der Waals surface area contributed by atoms with E-state index in [0.717, 1.165) is 4.90 Å². The summed E-state index contributed by atoms with van der Waals surface area (Å²) in [5.74, 6) is -5.60. The lowest BCUT2D eigenvalue weighted by molar-refractivity contribution is -0.143. The van der Waals surface area contributed by atoms with Crippen LogP contribution in [0.3, 0.4) is 0 Å². The van der Waals surface area contributed by atoms with Crippen LogP contribution in [-0.2, 0) is 34.7 Å². The lowest BCUT2D eigenvalue weighted by Crippen LogP contribution is -2.55. The Morgan fingerprint density at radius 2 is 1.42 bits per heavy atom. The highest BCUT2D eigenvalue weighted by molar-refractivity contribution is 6.13. The van der Waals surface area contributed by atoms with Crippen molar-refractivity contribution < 1.29 is 63.1 Å². The van der Waals surface area contributed by atoms with Crippen molar-refractivity contribution in [2.24, 2.45) is 0 Å². The molecule has 48 heavy (non-hydrogen) atoms. The number of benzene rings is 3. The van der Waals surface area contributed by atoms with Crippen LogP contribution in [0.15, 0.2) is 60.7 Å². The van der Waals surface area contributed by atoms with Crippen LogP contribution in [-0.4, -0.2) is 35.1 Å². The molecule has 1 fully saturated rings. The SMILES string of the molecule is O=C1CC(NC(=O)C2(NC(=O)c3ccc(F)cc3C(F)(F)F)CC2)C(=O)N(Cc2cc(C(F)(F)F)cc(C(F)(F)F)c2)c2ccccc21. The Hall–Kier alpha value is -4.96. The molecule has 2 aliphatic rings. The third kappa shape index (κ3) is 6.99. The predicted molar refractivity (Wildman–Crippen MR) is 146 cm³/mol. The molecule has 0 spiro atoms. The molecule has 1 aliphatic carbocycles. The quantitative estimate of drug-likeness (QED) is 0.291. The molecule has 1 heterocycles. The van der Waals surface area contributed by atoms with Crippen molar-refractivity contribution in [1.82, 2.24) is 10.6 Å². The van der Waals surface area contributed by atoms with E-state index in [-0.39, 0.29) is 36.2 Å². The molecule has 1 saturated carbocycles. The maximum atomic E-state index is 13.8. The number of Topliss-reactive ketones (excluding diaryl/α,β-unsaturated/α-hetero) is 1. The Morgan fingerprint density at radius 3 is 1.98 bits per heavy atom. The van der Waals surface area contributed by atoms with E-state index < -0.39 is 100 Å². The summed E-state index contributed by atoms with van der Waals surface area (Å²) in [5, 5.41) is 4.43. The molecule has 3 aromatic rings. The van der Waals surface area contributed by atoms with Crippen molar-refractivity contribution in [3.8, 4) is 0 Å². The topological polar surface area (TPSA) is 95.6 Å². The highest BCUT2D eigenvalue weighted by Crippen LogP contribution is 2.40. The van der Waals surface area contributed by atoms with Gasteiger partial charge in [-0.25, -0.2) is 4.39 Å². The molecule has 0 bridgehead atoms. The second-order valence-corrected chi connectivity index (χ2v) is 11.2. The number of nitrogens with zero attached hydrogens (tertiary/aromatic N) is 1. The van der Waals surface area contributed by atoms with Crippen LogP contribution in [0, 0.1) is 5.82 Å². The van der Waals surface area contributed by atoms with E-state index in [1.54, 1.807) is 0 Å². The van der Waals surface area contributed by atoms with Gasteiger partial charge in [0.25, 0.3) is 5.91 Å². The molecule has 0 saturated heterocycles. The Labute approximate surface area is 263 Å². The molecule has 1 aliphatic heterocycles. The van der Waals surface area contributed by atoms with Gasteiger partial charge in [0.1, 0.15) is 17.4 Å². The fourth-order valence-electron chi connectivity index (χ4n) is 5.27. The van der Waals surface area contributed by atoms with Gasteiger partial charge in [0, 0.05) is 12.0 Å². The highest BCUT2D eigenvalue weighted by atomic mass is 19.4. The number of halogens is 10. The summed E-state index contributed by atoms with van der Waals surface area (Å²) in [5.41, 5.74) is -8.65. The third-order valence-electron chi connectivity index (χ3n) is 7.81. The van der Waals surface area contributed by atoms with Crippen LogP contribution in [0.5, 0.6) is 0 Å². The molecule has 5 rings (SSSR count). The maximum absolute atomic E-state index is 13.8. The molecule has 3 amide bonds. The van der Waals surface area contributed by atoms with Gasteiger partial charge in [-0.2, -0.15) is 39.5 Å². The van der Waals surface area contributed by atoms with Gasteiger partial charge < -0.3 is 15.5 Å². The second-order valence-electron chi connectivity index (χ2n) is 11.2. The zero-order valence-corrected chi connectivity index (χ0v) is 24.0. The van der Waals surface area contributed by atoms with Gasteiger partial charge in [0.15, 0.2) is 5.78 Å². The first-order valence-electron chi connectivity index (χ1n) is 13.9. The minimum Gasteiger partial charge on any atom is -0.342 e. The fraction of sp³-hybridized carbons (Fsp3) is 0.290. The van der Waals surface area contributed by atoms with Gasteiger partial charge in [-0.05, 0) is 66.9 Å². The number of fused-ring (bicyclic) bond motifs is 1. The van der Waals surface area contributed by atoms with Crippen molar-refractivity contribution in [2.75, 3.05) is 4.90 Å². The molecule has 0 aromatic heterocycles. The summed E-state index contributed by atoms with van der Waals surface area (Å²) >= 11 is 0. The number of nitrogens with one attached hydrogen (secondary N) is 2. The number of carbonyl (C=O) groups excluding carboxylic acids is 4. The molecule has 17 heteroatoms. The molecule has 0 radical (unpaired) electrons. The van der Waals surface area contributed by atoms with Crippen molar-refractivity contribution in [2.45, 2.75) is 55.9 Å². The Kier molecular flexibility index (Phi) is 8.54. The van der Waals surface area contributed by atoms with Crippen LogP contribution in [0.4, 0.5) is 49.6 Å². The van der Waals surface area contributed by atoms with E-state index in [1.165, 1.54) is 24.3 Å². The number of ketones is 1. The molecule has 7 nitrogen and oxygen atoms in total. The van der Waals surface area contributed by atoms with E-state index in [9.17, 15) is 63.1 Å². The minimum atomic E-state index is -5.19. The zero-order valence-electron chi connectivity index (χ0n) is 24.0. The molecule has 1 unspecified atom stereocenters. The van der Waals surface area contributed by atoms with Crippen LogP contribution >= 0.6 is 0 Å². The monoisotopic (exact) mass is 689 g/mol. The molecular formula is C31H21F10N3O4. The number of amides is 3. The van der Waals surface area contributed by atoms with Crippen molar-refractivity contribution in [3.05, 3.63) is 99.9 Å². The fourth-order valence-corrected chi connectivity index (χ4v) is 5.27. The van der Waals surface area contributed by atoms with Crippen LogP contribution < -0.4 is 15.5 Å². The van der Waals surface area contributed by atoms with E-state index in [1.807, 2.05) is 0 Å². The van der Waals surface area contributed by atoms with Crippen LogP contribution in [0.25, 0.3) is 0 Å². The normalized spacial score (nSPS) is 17.8. The predicted octanol–water partition coefficient (Wildman–Crippen LogP) is 6.45. The van der Waals surface area contributed by atoms with Crippen molar-refractivity contribution in [3.63, 3.8) is 0 Å². The molecule has 2 N–H and O–H groups in total. The summed E-state index contributed by atoms with van der Waals surface area (Å²) in [6.07, 6.45) is -16.5. The largest absolute Gasteiger partial charge is 0.417 e. The lowest BCUT2D eigenvalue weighted by atomic mass is 10.0. The Morgan fingerprint density at radius 1 is 0.812 bits per heavy atom. The number of hydrogen-bond donors (Lipinski definition) is 2. The molecule has 1 atom stereocenters. The Bertz CT molecular complexity index is 1780. The number of carbonyl (C=O) groups is 4. The van der Waals surface area contributed by atoms with Gasteiger partial charge >= 0.3 is 18.5 Å². The molecular weight excluding hydrogens is 668 g/mol. The molecule has 254 valence electrons. The average Bonchev–Trinajstić information content (AvgIpc) is 3.78. The van der Waals surface area contributed by atoms with Crippen molar-refractivity contribution >= 4 is 29.2 Å². The van der Waals surface area contributed by atoms with E-state index in [4.69, 9.17) is 0 Å². The summed E-state index contributed by atoms with van der Waals surface area (Å²) in [4.78, 5) is 53.9. The van der Waals surface area contributed by atoms with E-state index in [0.29, 0.717) is 24.3 Å². The third-order valence-corrected chi connectivity index (χ3v) is 7.81.